The van der Waals surface area contributed by atoms with Crippen LogP contribution in [0.3, 0.4) is 0 Å². The molecule has 0 amide bonds. The predicted molar refractivity (Wildman–Crippen MR) is 70.6 cm³/mol. The molecule has 0 saturated heterocycles. The largest absolute Gasteiger partial charge is 0.391 e. The Labute approximate surface area is 116 Å². The summed E-state index contributed by atoms with van der Waals surface area (Å²) in [6.07, 6.45) is -1.00. The smallest absolute Gasteiger partial charge is 0.157 e. The van der Waals surface area contributed by atoms with Crippen molar-refractivity contribution in [2.24, 2.45) is 10.2 Å². The molecule has 2 unspecified atom stereocenters. The summed E-state index contributed by atoms with van der Waals surface area (Å²) >= 11 is 0. The fraction of sp³-hybridized carbons (Fsp3) is 1.00. The lowest BCUT2D eigenvalue weighted by atomic mass is 10.3. The summed E-state index contributed by atoms with van der Waals surface area (Å²) in [6, 6.07) is 0. The van der Waals surface area contributed by atoms with Crippen molar-refractivity contribution in [1.82, 2.24) is 0 Å². The first-order valence-corrected chi connectivity index (χ1v) is 6.25. The normalized spacial score (nSPS) is 14.8. The van der Waals surface area contributed by atoms with Crippen LogP contribution in [0.1, 0.15) is 19.8 Å². The van der Waals surface area contributed by atoms with Crippen molar-refractivity contribution in [2.75, 3.05) is 26.3 Å². The summed E-state index contributed by atoms with van der Waals surface area (Å²) in [6.45, 7) is 1.72. The van der Waals surface area contributed by atoms with E-state index in [1.807, 2.05) is 6.92 Å². The molecular formula is C10H20N6O4. The van der Waals surface area contributed by atoms with Crippen LogP contribution in [0.15, 0.2) is 10.2 Å². The van der Waals surface area contributed by atoms with Gasteiger partial charge in [-0.2, -0.15) is 0 Å². The number of aliphatic hydroxyl groups excluding tert-OH is 2. The van der Waals surface area contributed by atoms with E-state index in [-0.39, 0.29) is 26.3 Å². The molecule has 10 nitrogen and oxygen atoms in total. The molecule has 20 heavy (non-hydrogen) atoms. The van der Waals surface area contributed by atoms with Crippen molar-refractivity contribution >= 4 is 0 Å². The zero-order valence-electron chi connectivity index (χ0n) is 11.4. The molecule has 2 atom stereocenters. The van der Waals surface area contributed by atoms with Crippen LogP contribution in [0.25, 0.3) is 20.9 Å². The molecule has 0 spiro atoms. The second kappa shape index (κ2) is 12.5. The molecule has 0 bridgehead atoms. The van der Waals surface area contributed by atoms with E-state index in [1.165, 1.54) is 0 Å². The molecule has 0 saturated carbocycles. The van der Waals surface area contributed by atoms with Gasteiger partial charge in [0.25, 0.3) is 0 Å². The highest BCUT2D eigenvalue weighted by atomic mass is 16.7. The highest BCUT2D eigenvalue weighted by Crippen LogP contribution is 2.06. The van der Waals surface area contributed by atoms with Crippen LogP contribution in [0, 0.1) is 0 Å². The van der Waals surface area contributed by atoms with Gasteiger partial charge in [0.05, 0.1) is 38.5 Å². The summed E-state index contributed by atoms with van der Waals surface area (Å²) in [4.78, 5) is 5.07. The van der Waals surface area contributed by atoms with E-state index in [9.17, 15) is 10.2 Å². The minimum Gasteiger partial charge on any atom is -0.391 e. The maximum atomic E-state index is 9.44. The Balaban J connectivity index is 4.02. The van der Waals surface area contributed by atoms with Gasteiger partial charge in [-0.25, -0.2) is 0 Å². The van der Waals surface area contributed by atoms with E-state index in [2.05, 4.69) is 20.1 Å². The van der Waals surface area contributed by atoms with Gasteiger partial charge in [-0.15, -0.1) is 0 Å². The summed E-state index contributed by atoms with van der Waals surface area (Å²) in [7, 11) is 0. The van der Waals surface area contributed by atoms with Crippen LogP contribution >= 0.6 is 0 Å². The highest BCUT2D eigenvalue weighted by molar-refractivity contribution is 4.61. The first-order valence-electron chi connectivity index (χ1n) is 6.25. The number of hydrogen-bond acceptors (Lipinski definition) is 6. The molecule has 0 rings (SSSR count). The number of hydrogen-bond donors (Lipinski definition) is 2. The lowest BCUT2D eigenvalue weighted by molar-refractivity contribution is -0.171. The average molecular weight is 288 g/mol. The second-order valence-electron chi connectivity index (χ2n) is 4.02. The molecule has 0 aromatic rings. The summed E-state index contributed by atoms with van der Waals surface area (Å²) < 4.78 is 10.7. The lowest BCUT2D eigenvalue weighted by Gasteiger charge is -2.20. The second-order valence-corrected chi connectivity index (χ2v) is 4.02. The molecule has 0 radical (unpaired) electrons. The third-order valence-electron chi connectivity index (χ3n) is 2.18. The summed E-state index contributed by atoms with van der Waals surface area (Å²) in [5, 5.41) is 25.3. The van der Waals surface area contributed by atoms with Gasteiger partial charge in [-0.3, -0.25) is 0 Å². The first-order chi connectivity index (χ1) is 9.63. The molecule has 0 aliphatic rings. The third kappa shape index (κ3) is 10.4. The SMILES string of the molecule is CCCC(OCC(O)CN=[N+]=[N-])OCC(O)CN=[N+]=[N-]. The molecular weight excluding hydrogens is 268 g/mol. The van der Waals surface area contributed by atoms with Crippen LogP contribution < -0.4 is 0 Å². The van der Waals surface area contributed by atoms with Crippen LogP contribution in [0.5, 0.6) is 0 Å². The Hall–Kier alpha value is -1.54. The number of azide groups is 2. The molecule has 10 heteroatoms. The first kappa shape index (κ1) is 18.5. The molecule has 0 aromatic carbocycles. The maximum absolute atomic E-state index is 9.44. The van der Waals surface area contributed by atoms with Crippen molar-refractivity contribution in [3.05, 3.63) is 20.9 Å². The predicted octanol–water partition coefficient (Wildman–Crippen LogP) is 1.49. The highest BCUT2D eigenvalue weighted by Gasteiger charge is 2.13. The molecule has 114 valence electrons. The lowest BCUT2D eigenvalue weighted by Crippen LogP contribution is -2.29. The van der Waals surface area contributed by atoms with E-state index < -0.39 is 18.5 Å². The van der Waals surface area contributed by atoms with E-state index >= 15 is 0 Å². The van der Waals surface area contributed by atoms with E-state index in [1.54, 1.807) is 0 Å². The average Bonchev–Trinajstić information content (AvgIpc) is 2.45. The molecule has 0 aliphatic heterocycles. The summed E-state index contributed by atoms with van der Waals surface area (Å²) in [5.74, 6) is 0. The van der Waals surface area contributed by atoms with E-state index in [0.717, 1.165) is 6.42 Å². The summed E-state index contributed by atoms with van der Waals surface area (Å²) in [5.41, 5.74) is 16.2. The van der Waals surface area contributed by atoms with Crippen LogP contribution in [0.4, 0.5) is 0 Å². The van der Waals surface area contributed by atoms with Crippen LogP contribution in [-0.2, 0) is 9.47 Å². The van der Waals surface area contributed by atoms with E-state index in [0.29, 0.717) is 6.42 Å². The van der Waals surface area contributed by atoms with Gasteiger partial charge in [-0.1, -0.05) is 23.6 Å². The Kier molecular flexibility index (Phi) is 11.5. The van der Waals surface area contributed by atoms with Crippen molar-refractivity contribution < 1.29 is 19.7 Å². The zero-order chi connectivity index (χ0) is 15.2. The maximum Gasteiger partial charge on any atom is 0.157 e. The van der Waals surface area contributed by atoms with Gasteiger partial charge in [0.2, 0.25) is 0 Å². The Morgan fingerprint density at radius 3 is 1.80 bits per heavy atom. The van der Waals surface area contributed by atoms with Crippen molar-refractivity contribution in [3.63, 3.8) is 0 Å². The minimum atomic E-state index is -0.901. The zero-order valence-corrected chi connectivity index (χ0v) is 11.4. The topological polar surface area (TPSA) is 156 Å². The van der Waals surface area contributed by atoms with Gasteiger partial charge in [-0.05, 0) is 17.5 Å². The monoisotopic (exact) mass is 288 g/mol. The van der Waals surface area contributed by atoms with E-state index in [4.69, 9.17) is 20.5 Å². The minimum absolute atomic E-state index is 0.0316. The quantitative estimate of drug-likeness (QED) is 0.241. The van der Waals surface area contributed by atoms with Crippen molar-refractivity contribution in [3.8, 4) is 0 Å². The number of aliphatic hydroxyl groups is 2. The van der Waals surface area contributed by atoms with Crippen LogP contribution in [0.2, 0.25) is 0 Å². The fourth-order valence-electron chi connectivity index (χ4n) is 1.25. The Morgan fingerprint density at radius 2 is 1.45 bits per heavy atom. The van der Waals surface area contributed by atoms with Crippen molar-refractivity contribution in [2.45, 2.75) is 38.3 Å². The number of ether oxygens (including phenoxy) is 2. The van der Waals surface area contributed by atoms with Crippen LogP contribution in [-0.4, -0.2) is 55.0 Å². The molecule has 0 heterocycles. The van der Waals surface area contributed by atoms with Gasteiger partial charge in [0, 0.05) is 9.82 Å². The fourth-order valence-corrected chi connectivity index (χ4v) is 1.25. The molecule has 0 fully saturated rings. The van der Waals surface area contributed by atoms with Gasteiger partial charge < -0.3 is 19.7 Å². The van der Waals surface area contributed by atoms with Gasteiger partial charge in [0.15, 0.2) is 6.29 Å². The van der Waals surface area contributed by atoms with Gasteiger partial charge >= 0.3 is 0 Å². The Morgan fingerprint density at radius 1 is 1.00 bits per heavy atom. The number of nitrogens with zero attached hydrogens (tertiary/aromatic N) is 6. The molecule has 2 N–H and O–H groups in total. The molecule has 0 aliphatic carbocycles. The third-order valence-corrected chi connectivity index (χ3v) is 2.18. The molecule has 0 aromatic heterocycles. The standard InChI is InChI=1S/C10H20N6O4/c1-2-3-10(19-6-8(17)4-13-15-11)20-7-9(18)5-14-16-12/h8-10,17-18H,2-7H2,1H3. The Bertz CT molecular complexity index is 313. The van der Waals surface area contributed by atoms with Crippen molar-refractivity contribution in [1.29, 1.82) is 0 Å². The van der Waals surface area contributed by atoms with Gasteiger partial charge in [0.1, 0.15) is 0 Å². The number of rotatable bonds is 12.